The molecule has 162 valence electrons. The summed E-state index contributed by atoms with van der Waals surface area (Å²) in [5, 5.41) is 4.58. The first-order valence-corrected chi connectivity index (χ1v) is 10.3. The lowest BCUT2D eigenvalue weighted by Crippen LogP contribution is -2.21. The van der Waals surface area contributed by atoms with Gasteiger partial charge in [0.25, 0.3) is 5.91 Å². The molecule has 1 aromatic carbocycles. The number of furan rings is 1. The molecule has 0 atom stereocenters. The molecule has 0 aliphatic rings. The quantitative estimate of drug-likeness (QED) is 0.496. The van der Waals surface area contributed by atoms with Crippen molar-refractivity contribution in [1.82, 2.24) is 0 Å². The molecule has 1 N–H and O–H groups in total. The number of hydrogen-bond donors (Lipinski definition) is 1. The molecule has 0 saturated carbocycles. The van der Waals surface area contributed by atoms with Gasteiger partial charge in [-0.25, -0.2) is 9.59 Å². The van der Waals surface area contributed by atoms with Crippen molar-refractivity contribution in [3.05, 3.63) is 64.7 Å². The minimum atomic E-state index is -0.632. The molecule has 0 spiro atoms. The topological polar surface area (TPSA) is 104 Å². The summed E-state index contributed by atoms with van der Waals surface area (Å²) in [6.45, 7) is 1.80. The van der Waals surface area contributed by atoms with Crippen LogP contribution in [0.4, 0.5) is 5.00 Å². The molecular weight excluding hydrogens is 422 g/mol. The fraction of sp³-hybridized carbons (Fsp3) is 0.227. The highest BCUT2D eigenvalue weighted by Gasteiger charge is 2.24. The SMILES string of the molecule is CCOC(=O)c1c(-c2ccco2)csc1NC(=O)COC(=O)c1ccc(COC)cc1. The van der Waals surface area contributed by atoms with Crippen molar-refractivity contribution in [1.29, 1.82) is 0 Å². The number of amides is 1. The highest BCUT2D eigenvalue weighted by atomic mass is 32.1. The first-order valence-electron chi connectivity index (χ1n) is 9.40. The third kappa shape index (κ3) is 5.59. The fourth-order valence-corrected chi connectivity index (χ4v) is 3.70. The van der Waals surface area contributed by atoms with Gasteiger partial charge in [-0.3, -0.25) is 4.79 Å². The lowest BCUT2D eigenvalue weighted by atomic mass is 10.1. The van der Waals surface area contributed by atoms with Crippen LogP contribution >= 0.6 is 11.3 Å². The number of methoxy groups -OCH3 is 1. The van der Waals surface area contributed by atoms with Gasteiger partial charge in [0.2, 0.25) is 0 Å². The molecule has 0 fully saturated rings. The van der Waals surface area contributed by atoms with Crippen LogP contribution in [0.3, 0.4) is 0 Å². The normalized spacial score (nSPS) is 10.5. The Morgan fingerprint density at radius 3 is 2.48 bits per heavy atom. The predicted molar refractivity (Wildman–Crippen MR) is 114 cm³/mol. The Morgan fingerprint density at radius 2 is 1.84 bits per heavy atom. The largest absolute Gasteiger partial charge is 0.464 e. The van der Waals surface area contributed by atoms with Gasteiger partial charge in [0.05, 0.1) is 25.0 Å². The Balaban J connectivity index is 1.66. The van der Waals surface area contributed by atoms with E-state index in [0.29, 0.717) is 23.5 Å². The van der Waals surface area contributed by atoms with Gasteiger partial charge in [0.1, 0.15) is 16.3 Å². The van der Waals surface area contributed by atoms with Crippen LogP contribution in [-0.2, 0) is 25.6 Å². The van der Waals surface area contributed by atoms with Gasteiger partial charge in [-0.15, -0.1) is 11.3 Å². The van der Waals surface area contributed by atoms with Crippen LogP contribution in [0.25, 0.3) is 11.3 Å². The van der Waals surface area contributed by atoms with Crippen molar-refractivity contribution in [3.8, 4) is 11.3 Å². The summed E-state index contributed by atoms with van der Waals surface area (Å²) in [5.41, 5.74) is 1.93. The zero-order valence-electron chi connectivity index (χ0n) is 17.0. The summed E-state index contributed by atoms with van der Waals surface area (Å²) < 4.78 is 20.6. The zero-order chi connectivity index (χ0) is 22.2. The Hall–Kier alpha value is -3.43. The van der Waals surface area contributed by atoms with E-state index in [0.717, 1.165) is 16.9 Å². The predicted octanol–water partition coefficient (Wildman–Crippen LogP) is 4.13. The second kappa shape index (κ2) is 10.6. The number of carbonyl (C=O) groups is 3. The van der Waals surface area contributed by atoms with Gasteiger partial charge in [0.15, 0.2) is 6.61 Å². The third-order valence-corrected chi connectivity index (χ3v) is 5.04. The molecule has 3 rings (SSSR count). The van der Waals surface area contributed by atoms with E-state index in [2.05, 4.69) is 5.32 Å². The van der Waals surface area contributed by atoms with Crippen LogP contribution in [0.2, 0.25) is 0 Å². The molecule has 0 radical (unpaired) electrons. The van der Waals surface area contributed by atoms with Gasteiger partial charge in [-0.1, -0.05) is 12.1 Å². The number of nitrogens with one attached hydrogen (secondary N) is 1. The number of hydrogen-bond acceptors (Lipinski definition) is 8. The number of esters is 2. The second-order valence-corrected chi connectivity index (χ2v) is 7.19. The van der Waals surface area contributed by atoms with Crippen LogP contribution < -0.4 is 5.32 Å². The number of carbonyl (C=O) groups excluding carboxylic acids is 3. The number of ether oxygens (including phenoxy) is 3. The number of thiophene rings is 1. The Kier molecular flexibility index (Phi) is 7.58. The van der Waals surface area contributed by atoms with E-state index >= 15 is 0 Å². The molecule has 0 saturated heterocycles. The highest BCUT2D eigenvalue weighted by molar-refractivity contribution is 7.15. The molecule has 0 aliphatic carbocycles. The zero-order valence-corrected chi connectivity index (χ0v) is 17.8. The Bertz CT molecular complexity index is 1040. The molecule has 2 heterocycles. The standard InChI is InChI=1S/C22H21NO7S/c1-3-28-22(26)19-16(17-5-4-10-29-17)13-31-20(19)23-18(24)12-30-21(25)15-8-6-14(7-9-15)11-27-2/h4-10,13H,3,11-12H2,1-2H3,(H,23,24). The van der Waals surface area contributed by atoms with Gasteiger partial charge in [0, 0.05) is 18.1 Å². The van der Waals surface area contributed by atoms with E-state index in [1.807, 2.05) is 0 Å². The lowest BCUT2D eigenvalue weighted by molar-refractivity contribution is -0.119. The molecule has 0 aliphatic heterocycles. The summed E-state index contributed by atoms with van der Waals surface area (Å²) >= 11 is 1.15. The highest BCUT2D eigenvalue weighted by Crippen LogP contribution is 2.36. The maximum absolute atomic E-state index is 12.4. The van der Waals surface area contributed by atoms with Crippen molar-refractivity contribution in [3.63, 3.8) is 0 Å². The molecule has 0 bridgehead atoms. The third-order valence-electron chi connectivity index (χ3n) is 4.15. The van der Waals surface area contributed by atoms with E-state index in [-0.39, 0.29) is 17.2 Å². The summed E-state index contributed by atoms with van der Waals surface area (Å²) in [7, 11) is 1.58. The summed E-state index contributed by atoms with van der Waals surface area (Å²) in [4.78, 5) is 37.0. The van der Waals surface area contributed by atoms with E-state index in [9.17, 15) is 14.4 Å². The van der Waals surface area contributed by atoms with Crippen molar-refractivity contribution in [2.75, 3.05) is 25.6 Å². The summed E-state index contributed by atoms with van der Waals surface area (Å²) in [6.07, 6.45) is 1.49. The van der Waals surface area contributed by atoms with Crippen LogP contribution in [-0.4, -0.2) is 38.2 Å². The average molecular weight is 443 g/mol. The summed E-state index contributed by atoms with van der Waals surface area (Å²) in [5.74, 6) is -1.32. The monoisotopic (exact) mass is 443 g/mol. The average Bonchev–Trinajstić information content (AvgIpc) is 3.43. The molecule has 9 heteroatoms. The first kappa shape index (κ1) is 22.3. The molecule has 2 aromatic heterocycles. The number of rotatable bonds is 9. The second-order valence-electron chi connectivity index (χ2n) is 6.31. The van der Waals surface area contributed by atoms with Crippen LogP contribution in [0, 0.1) is 0 Å². The Morgan fingerprint density at radius 1 is 1.06 bits per heavy atom. The number of anilines is 1. The van der Waals surface area contributed by atoms with Gasteiger partial charge in [-0.05, 0) is 36.8 Å². The van der Waals surface area contributed by atoms with Gasteiger partial charge in [-0.2, -0.15) is 0 Å². The lowest BCUT2D eigenvalue weighted by Gasteiger charge is -2.09. The van der Waals surface area contributed by atoms with Crippen molar-refractivity contribution < 1.29 is 33.0 Å². The maximum Gasteiger partial charge on any atom is 0.341 e. The van der Waals surface area contributed by atoms with E-state index in [1.165, 1.54) is 6.26 Å². The van der Waals surface area contributed by atoms with E-state index in [1.54, 1.807) is 55.8 Å². The smallest absolute Gasteiger partial charge is 0.341 e. The van der Waals surface area contributed by atoms with Crippen molar-refractivity contribution >= 4 is 34.2 Å². The van der Waals surface area contributed by atoms with E-state index < -0.39 is 24.5 Å². The van der Waals surface area contributed by atoms with E-state index in [4.69, 9.17) is 18.6 Å². The minimum Gasteiger partial charge on any atom is -0.464 e. The van der Waals surface area contributed by atoms with Gasteiger partial charge >= 0.3 is 11.9 Å². The van der Waals surface area contributed by atoms with Crippen LogP contribution in [0.5, 0.6) is 0 Å². The molecule has 3 aromatic rings. The Labute approximate surface area is 182 Å². The van der Waals surface area contributed by atoms with Crippen molar-refractivity contribution in [2.45, 2.75) is 13.5 Å². The van der Waals surface area contributed by atoms with Gasteiger partial charge < -0.3 is 23.9 Å². The molecule has 1 amide bonds. The number of benzene rings is 1. The molecule has 0 unspecified atom stereocenters. The first-order chi connectivity index (χ1) is 15.0. The molecule has 31 heavy (non-hydrogen) atoms. The van der Waals surface area contributed by atoms with Crippen molar-refractivity contribution in [2.24, 2.45) is 0 Å². The summed E-state index contributed by atoms with van der Waals surface area (Å²) in [6, 6.07) is 10.1. The minimum absolute atomic E-state index is 0.181. The fourth-order valence-electron chi connectivity index (χ4n) is 2.75. The van der Waals surface area contributed by atoms with Crippen LogP contribution in [0.1, 0.15) is 33.2 Å². The molecule has 8 nitrogen and oxygen atoms in total. The molecular formula is C22H21NO7S. The maximum atomic E-state index is 12.4. The van der Waals surface area contributed by atoms with Crippen LogP contribution in [0.15, 0.2) is 52.5 Å².